The van der Waals surface area contributed by atoms with Gasteiger partial charge < -0.3 is 10.5 Å². The van der Waals surface area contributed by atoms with Crippen molar-refractivity contribution in [3.05, 3.63) is 53.1 Å². The van der Waals surface area contributed by atoms with Gasteiger partial charge in [-0.1, -0.05) is 17.7 Å². The molecule has 0 saturated heterocycles. The van der Waals surface area contributed by atoms with Crippen molar-refractivity contribution in [1.29, 1.82) is 0 Å². The number of pyridine rings is 1. The van der Waals surface area contributed by atoms with Crippen LogP contribution in [-0.4, -0.2) is 4.98 Å². The highest BCUT2D eigenvalue weighted by molar-refractivity contribution is 6.32. The zero-order valence-corrected chi connectivity index (χ0v) is 9.62. The number of nitrogens with two attached hydrogens (primary N) is 1. The van der Waals surface area contributed by atoms with Gasteiger partial charge in [0.05, 0.1) is 16.4 Å². The molecule has 88 valence electrons. The van der Waals surface area contributed by atoms with E-state index >= 15 is 0 Å². The Morgan fingerprint density at radius 3 is 2.88 bits per heavy atom. The molecule has 5 heteroatoms. The van der Waals surface area contributed by atoms with Crippen LogP contribution in [0.2, 0.25) is 5.02 Å². The first-order valence-corrected chi connectivity index (χ1v) is 5.32. The highest BCUT2D eigenvalue weighted by atomic mass is 35.5. The molecule has 0 aliphatic heterocycles. The van der Waals surface area contributed by atoms with Crippen LogP contribution in [0.1, 0.15) is 5.69 Å². The van der Waals surface area contributed by atoms with E-state index < -0.39 is 5.82 Å². The molecule has 0 aliphatic rings. The molecule has 0 saturated carbocycles. The van der Waals surface area contributed by atoms with Crippen molar-refractivity contribution in [2.24, 2.45) is 0 Å². The van der Waals surface area contributed by atoms with Gasteiger partial charge in [-0.05, 0) is 18.2 Å². The number of nitrogen functional groups attached to an aromatic ring is 1. The van der Waals surface area contributed by atoms with Crippen LogP contribution in [0, 0.1) is 5.82 Å². The highest BCUT2D eigenvalue weighted by Crippen LogP contribution is 2.29. The zero-order valence-electron chi connectivity index (χ0n) is 8.86. The molecule has 2 aromatic rings. The predicted octanol–water partition coefficient (Wildman–Crippen LogP) is 3.04. The first-order valence-electron chi connectivity index (χ1n) is 4.94. The van der Waals surface area contributed by atoms with E-state index in [4.69, 9.17) is 22.1 Å². The molecule has 1 aromatic carbocycles. The molecule has 1 aromatic heterocycles. The van der Waals surface area contributed by atoms with Gasteiger partial charge in [0.15, 0.2) is 0 Å². The fraction of sp³-hybridized carbons (Fsp3) is 0.0833. The third-order valence-electron chi connectivity index (χ3n) is 2.15. The molecule has 0 atom stereocenters. The van der Waals surface area contributed by atoms with Crippen LogP contribution in [0.5, 0.6) is 5.75 Å². The van der Waals surface area contributed by atoms with Gasteiger partial charge in [-0.15, -0.1) is 0 Å². The molecular weight excluding hydrogens is 243 g/mol. The van der Waals surface area contributed by atoms with E-state index in [0.717, 1.165) is 11.8 Å². The van der Waals surface area contributed by atoms with Crippen molar-refractivity contribution < 1.29 is 9.13 Å². The predicted molar refractivity (Wildman–Crippen MR) is 64.4 cm³/mol. The van der Waals surface area contributed by atoms with Gasteiger partial charge >= 0.3 is 0 Å². The minimum absolute atomic E-state index is 0.00502. The fourth-order valence-corrected chi connectivity index (χ4v) is 1.50. The van der Waals surface area contributed by atoms with Gasteiger partial charge in [0.2, 0.25) is 0 Å². The summed E-state index contributed by atoms with van der Waals surface area (Å²) >= 11 is 5.83. The first-order chi connectivity index (χ1) is 8.16. The number of halogens is 2. The van der Waals surface area contributed by atoms with E-state index in [1.54, 1.807) is 6.20 Å². The van der Waals surface area contributed by atoms with E-state index in [2.05, 4.69) is 4.98 Å². The second-order valence-electron chi connectivity index (χ2n) is 3.41. The Morgan fingerprint density at radius 1 is 1.35 bits per heavy atom. The van der Waals surface area contributed by atoms with Crippen LogP contribution in [0.25, 0.3) is 0 Å². The summed E-state index contributed by atoms with van der Waals surface area (Å²) in [6.07, 6.45) is 1.67. The summed E-state index contributed by atoms with van der Waals surface area (Å²) in [6, 6.07) is 7.98. The summed E-state index contributed by atoms with van der Waals surface area (Å²) in [5.41, 5.74) is 6.19. The molecule has 0 radical (unpaired) electrons. The second-order valence-corrected chi connectivity index (χ2v) is 3.82. The molecule has 2 rings (SSSR count). The zero-order chi connectivity index (χ0) is 12.3. The third-order valence-corrected chi connectivity index (χ3v) is 2.45. The molecule has 0 fully saturated rings. The summed E-state index contributed by atoms with van der Waals surface area (Å²) < 4.78 is 18.5. The minimum atomic E-state index is -0.555. The van der Waals surface area contributed by atoms with Crippen molar-refractivity contribution in [3.8, 4) is 5.75 Å². The molecule has 2 N–H and O–H groups in total. The Labute approximate surface area is 103 Å². The maximum atomic E-state index is 13.0. The van der Waals surface area contributed by atoms with Crippen molar-refractivity contribution in [1.82, 2.24) is 4.98 Å². The van der Waals surface area contributed by atoms with Crippen LogP contribution in [-0.2, 0) is 6.61 Å². The van der Waals surface area contributed by atoms with Gasteiger partial charge in [-0.25, -0.2) is 4.39 Å². The number of nitrogens with zero attached hydrogens (tertiary/aromatic N) is 1. The van der Waals surface area contributed by atoms with Gasteiger partial charge in [0.1, 0.15) is 18.2 Å². The van der Waals surface area contributed by atoms with E-state index in [9.17, 15) is 4.39 Å². The van der Waals surface area contributed by atoms with Crippen LogP contribution in [0.15, 0.2) is 36.5 Å². The monoisotopic (exact) mass is 252 g/mol. The topological polar surface area (TPSA) is 48.1 Å². The molecule has 0 amide bonds. The van der Waals surface area contributed by atoms with Gasteiger partial charge in [-0.2, -0.15) is 0 Å². The van der Waals surface area contributed by atoms with Crippen molar-refractivity contribution >= 4 is 17.3 Å². The molecule has 1 heterocycles. The minimum Gasteiger partial charge on any atom is -0.486 e. The quantitative estimate of drug-likeness (QED) is 0.854. The Balaban J connectivity index is 2.12. The third kappa shape index (κ3) is 2.85. The van der Waals surface area contributed by atoms with Crippen molar-refractivity contribution in [3.63, 3.8) is 0 Å². The fourth-order valence-electron chi connectivity index (χ4n) is 1.29. The number of aromatic nitrogens is 1. The van der Waals surface area contributed by atoms with E-state index in [1.807, 2.05) is 18.2 Å². The van der Waals surface area contributed by atoms with Crippen LogP contribution < -0.4 is 10.5 Å². The lowest BCUT2D eigenvalue weighted by Gasteiger charge is -2.08. The van der Waals surface area contributed by atoms with Gasteiger partial charge in [0, 0.05) is 12.3 Å². The second kappa shape index (κ2) is 5.01. The summed E-state index contributed by atoms with van der Waals surface area (Å²) in [6.45, 7) is 0.256. The van der Waals surface area contributed by atoms with E-state index in [1.165, 1.54) is 6.07 Å². The maximum Gasteiger partial charge on any atom is 0.147 e. The number of rotatable bonds is 3. The Hall–Kier alpha value is -1.81. The number of hydrogen-bond donors (Lipinski definition) is 1. The molecular formula is C12H10ClFN2O. The molecule has 0 bridgehead atoms. The average molecular weight is 253 g/mol. The summed E-state index contributed by atoms with van der Waals surface area (Å²) in [7, 11) is 0. The van der Waals surface area contributed by atoms with Crippen LogP contribution in [0.3, 0.4) is 0 Å². The summed E-state index contributed by atoms with van der Waals surface area (Å²) in [5, 5.41) is 0.188. The maximum absolute atomic E-state index is 13.0. The first kappa shape index (κ1) is 11.7. The smallest absolute Gasteiger partial charge is 0.147 e. The Bertz CT molecular complexity index is 519. The number of hydrogen-bond acceptors (Lipinski definition) is 3. The molecule has 3 nitrogen and oxygen atoms in total. The van der Waals surface area contributed by atoms with Gasteiger partial charge in [-0.3, -0.25) is 4.98 Å². The summed E-state index contributed by atoms with van der Waals surface area (Å²) in [5.74, 6) is -0.212. The molecule has 0 aliphatic carbocycles. The lowest BCUT2D eigenvalue weighted by atomic mass is 10.3. The van der Waals surface area contributed by atoms with Crippen molar-refractivity contribution in [2.75, 3.05) is 5.73 Å². The lowest BCUT2D eigenvalue weighted by Crippen LogP contribution is -1.99. The Kier molecular flexibility index (Phi) is 3.44. The number of benzene rings is 1. The average Bonchev–Trinajstić information content (AvgIpc) is 2.33. The molecule has 0 unspecified atom stereocenters. The molecule has 17 heavy (non-hydrogen) atoms. The Morgan fingerprint density at radius 2 is 2.18 bits per heavy atom. The largest absolute Gasteiger partial charge is 0.486 e. The normalized spacial score (nSPS) is 10.2. The van der Waals surface area contributed by atoms with Gasteiger partial charge in [0.25, 0.3) is 0 Å². The van der Waals surface area contributed by atoms with Crippen LogP contribution >= 0.6 is 11.6 Å². The van der Waals surface area contributed by atoms with Crippen molar-refractivity contribution in [2.45, 2.75) is 6.61 Å². The number of ether oxygens (including phenoxy) is 1. The standard InChI is InChI=1S/C12H10ClFN2O/c13-9-5-10(14)11(15)6-12(9)17-7-8-3-1-2-4-16-8/h1-6H,7,15H2. The summed E-state index contributed by atoms with van der Waals surface area (Å²) in [4.78, 5) is 4.09. The van der Waals surface area contributed by atoms with Crippen LogP contribution in [0.4, 0.5) is 10.1 Å². The SMILES string of the molecule is Nc1cc(OCc2ccccn2)c(Cl)cc1F. The number of anilines is 1. The molecule has 0 spiro atoms. The lowest BCUT2D eigenvalue weighted by molar-refractivity contribution is 0.301. The van der Waals surface area contributed by atoms with E-state index in [-0.39, 0.29) is 17.3 Å². The highest BCUT2D eigenvalue weighted by Gasteiger charge is 2.07. The van der Waals surface area contributed by atoms with E-state index in [0.29, 0.717) is 5.75 Å².